The van der Waals surface area contributed by atoms with Crippen molar-refractivity contribution in [3.63, 3.8) is 0 Å². The van der Waals surface area contributed by atoms with Crippen LogP contribution in [0.1, 0.15) is 30.4 Å². The topological polar surface area (TPSA) is 96.9 Å². The third-order valence-electron chi connectivity index (χ3n) is 3.52. The van der Waals surface area contributed by atoms with Crippen LogP contribution in [0.4, 0.5) is 0 Å². The third-order valence-corrected chi connectivity index (χ3v) is 3.52. The molecule has 6 nitrogen and oxygen atoms in total. The summed E-state index contributed by atoms with van der Waals surface area (Å²) in [6.07, 6.45) is 3.73. The standard InChI is InChI=1S/C15H21N3O3/c16-15(18-20)12-6-4-11(5-7-12)9-14(19)17-10-13-3-1-2-8-21-13/h4-7,13,20H,1-3,8-10H2,(H2,16,18)(H,17,19). The number of ether oxygens (including phenoxy) is 1. The molecule has 1 aromatic carbocycles. The summed E-state index contributed by atoms with van der Waals surface area (Å²) in [5.74, 6) is 0.0289. The SMILES string of the molecule is NC(=NO)c1ccc(CC(=O)NCC2CCCCO2)cc1. The molecule has 6 heteroatoms. The van der Waals surface area contributed by atoms with Crippen LogP contribution in [-0.2, 0) is 16.0 Å². The number of hydrogen-bond acceptors (Lipinski definition) is 4. The predicted molar refractivity (Wildman–Crippen MR) is 79.3 cm³/mol. The molecule has 1 aliphatic rings. The largest absolute Gasteiger partial charge is 0.409 e. The molecular formula is C15H21N3O3. The number of carbonyl (C=O) groups is 1. The summed E-state index contributed by atoms with van der Waals surface area (Å²) in [7, 11) is 0. The van der Waals surface area contributed by atoms with Crippen LogP contribution < -0.4 is 11.1 Å². The molecule has 1 saturated heterocycles. The molecule has 1 atom stereocenters. The number of oxime groups is 1. The van der Waals surface area contributed by atoms with Gasteiger partial charge in [0, 0.05) is 18.7 Å². The number of nitrogens with two attached hydrogens (primary N) is 1. The second kappa shape index (κ2) is 7.64. The number of amidine groups is 1. The minimum absolute atomic E-state index is 0.0271. The van der Waals surface area contributed by atoms with Crippen molar-refractivity contribution in [3.05, 3.63) is 35.4 Å². The summed E-state index contributed by atoms with van der Waals surface area (Å²) in [6.45, 7) is 1.36. The Labute approximate surface area is 124 Å². The Morgan fingerprint density at radius 2 is 2.14 bits per heavy atom. The molecule has 1 heterocycles. The van der Waals surface area contributed by atoms with Gasteiger partial charge >= 0.3 is 0 Å². The molecule has 0 spiro atoms. The maximum Gasteiger partial charge on any atom is 0.224 e. The number of benzene rings is 1. The second-order valence-corrected chi connectivity index (χ2v) is 5.15. The minimum atomic E-state index is -0.0271. The molecule has 21 heavy (non-hydrogen) atoms. The van der Waals surface area contributed by atoms with Crippen molar-refractivity contribution in [1.29, 1.82) is 0 Å². The van der Waals surface area contributed by atoms with Gasteiger partial charge in [-0.15, -0.1) is 0 Å². The maximum atomic E-state index is 11.9. The van der Waals surface area contributed by atoms with Crippen LogP contribution in [0, 0.1) is 0 Å². The first kappa shape index (κ1) is 15.3. The molecule has 0 bridgehead atoms. The van der Waals surface area contributed by atoms with E-state index >= 15 is 0 Å². The monoisotopic (exact) mass is 291 g/mol. The van der Waals surface area contributed by atoms with Gasteiger partial charge in [-0.3, -0.25) is 4.79 Å². The molecule has 0 aromatic heterocycles. The fourth-order valence-corrected chi connectivity index (χ4v) is 2.30. The van der Waals surface area contributed by atoms with Gasteiger partial charge in [0.2, 0.25) is 5.91 Å². The molecule has 0 saturated carbocycles. The maximum absolute atomic E-state index is 11.9. The fraction of sp³-hybridized carbons (Fsp3) is 0.467. The number of carbonyl (C=O) groups excluding carboxylic acids is 1. The number of amides is 1. The smallest absolute Gasteiger partial charge is 0.224 e. The van der Waals surface area contributed by atoms with E-state index in [0.29, 0.717) is 18.5 Å². The Kier molecular flexibility index (Phi) is 5.57. The molecule has 0 aliphatic carbocycles. The molecule has 2 rings (SSSR count). The molecule has 4 N–H and O–H groups in total. The summed E-state index contributed by atoms with van der Waals surface area (Å²) in [5, 5.41) is 14.4. The Balaban J connectivity index is 1.79. The summed E-state index contributed by atoms with van der Waals surface area (Å²) in [4.78, 5) is 11.9. The summed E-state index contributed by atoms with van der Waals surface area (Å²) in [5.41, 5.74) is 6.99. The van der Waals surface area contributed by atoms with Crippen LogP contribution in [0.3, 0.4) is 0 Å². The first-order chi connectivity index (χ1) is 10.2. The Morgan fingerprint density at radius 1 is 1.38 bits per heavy atom. The average Bonchev–Trinajstić information content (AvgIpc) is 2.54. The highest BCUT2D eigenvalue weighted by Gasteiger charge is 2.14. The minimum Gasteiger partial charge on any atom is -0.409 e. The number of rotatable bonds is 5. The highest BCUT2D eigenvalue weighted by molar-refractivity contribution is 5.97. The highest BCUT2D eigenvalue weighted by atomic mass is 16.5. The van der Waals surface area contributed by atoms with E-state index in [1.54, 1.807) is 24.3 Å². The van der Waals surface area contributed by atoms with E-state index in [9.17, 15) is 4.79 Å². The Bertz CT molecular complexity index is 493. The number of nitrogens with zero attached hydrogens (tertiary/aromatic N) is 1. The average molecular weight is 291 g/mol. The van der Waals surface area contributed by atoms with Gasteiger partial charge in [0.05, 0.1) is 12.5 Å². The van der Waals surface area contributed by atoms with Crippen molar-refractivity contribution < 1.29 is 14.7 Å². The lowest BCUT2D eigenvalue weighted by Gasteiger charge is -2.22. The summed E-state index contributed by atoms with van der Waals surface area (Å²) >= 11 is 0. The van der Waals surface area contributed by atoms with Crippen LogP contribution in [0.25, 0.3) is 0 Å². The fourth-order valence-electron chi connectivity index (χ4n) is 2.30. The first-order valence-corrected chi connectivity index (χ1v) is 7.14. The normalized spacial score (nSPS) is 19.2. The Hall–Kier alpha value is -2.08. The predicted octanol–water partition coefficient (Wildman–Crippen LogP) is 1.01. The van der Waals surface area contributed by atoms with Gasteiger partial charge in [-0.05, 0) is 24.8 Å². The summed E-state index contributed by atoms with van der Waals surface area (Å²) in [6, 6.07) is 7.04. The van der Waals surface area contributed by atoms with E-state index in [4.69, 9.17) is 15.7 Å². The second-order valence-electron chi connectivity index (χ2n) is 5.15. The van der Waals surface area contributed by atoms with E-state index < -0.39 is 0 Å². The lowest BCUT2D eigenvalue weighted by Crippen LogP contribution is -2.36. The number of nitrogens with one attached hydrogen (secondary N) is 1. The molecule has 1 aromatic rings. The van der Waals surface area contributed by atoms with Crippen LogP contribution in [0.15, 0.2) is 29.4 Å². The molecule has 1 aliphatic heterocycles. The number of hydrogen-bond donors (Lipinski definition) is 3. The van der Waals surface area contributed by atoms with Crippen molar-refractivity contribution in [2.75, 3.05) is 13.2 Å². The van der Waals surface area contributed by atoms with E-state index in [1.807, 2.05) is 0 Å². The highest BCUT2D eigenvalue weighted by Crippen LogP contribution is 2.11. The van der Waals surface area contributed by atoms with Crippen molar-refractivity contribution in [1.82, 2.24) is 5.32 Å². The van der Waals surface area contributed by atoms with E-state index in [0.717, 1.165) is 31.4 Å². The lowest BCUT2D eigenvalue weighted by atomic mass is 10.1. The van der Waals surface area contributed by atoms with Gasteiger partial charge in [-0.25, -0.2) is 0 Å². The van der Waals surface area contributed by atoms with Crippen LogP contribution in [0.5, 0.6) is 0 Å². The lowest BCUT2D eigenvalue weighted by molar-refractivity contribution is -0.121. The van der Waals surface area contributed by atoms with Gasteiger partial charge in [-0.1, -0.05) is 29.4 Å². The molecule has 0 radical (unpaired) electrons. The van der Waals surface area contributed by atoms with Gasteiger partial charge in [0.1, 0.15) is 0 Å². The molecule has 1 amide bonds. The van der Waals surface area contributed by atoms with E-state index in [2.05, 4.69) is 10.5 Å². The van der Waals surface area contributed by atoms with Gasteiger partial charge in [-0.2, -0.15) is 0 Å². The quantitative estimate of drug-likeness (QED) is 0.326. The van der Waals surface area contributed by atoms with Gasteiger partial charge < -0.3 is 21.0 Å². The zero-order valence-corrected chi connectivity index (χ0v) is 11.9. The van der Waals surface area contributed by atoms with Gasteiger partial charge in [0.15, 0.2) is 5.84 Å². The van der Waals surface area contributed by atoms with Crippen molar-refractivity contribution >= 4 is 11.7 Å². The molecule has 114 valence electrons. The zero-order valence-electron chi connectivity index (χ0n) is 11.9. The van der Waals surface area contributed by atoms with Crippen LogP contribution in [0.2, 0.25) is 0 Å². The zero-order chi connectivity index (χ0) is 15.1. The molecule has 1 fully saturated rings. The summed E-state index contributed by atoms with van der Waals surface area (Å²) < 4.78 is 5.57. The van der Waals surface area contributed by atoms with Crippen molar-refractivity contribution in [2.45, 2.75) is 31.8 Å². The first-order valence-electron chi connectivity index (χ1n) is 7.14. The third kappa shape index (κ3) is 4.75. The Morgan fingerprint density at radius 3 is 2.76 bits per heavy atom. The molecule has 1 unspecified atom stereocenters. The van der Waals surface area contributed by atoms with Gasteiger partial charge in [0.25, 0.3) is 0 Å². The van der Waals surface area contributed by atoms with Crippen LogP contribution in [-0.4, -0.2) is 36.2 Å². The van der Waals surface area contributed by atoms with Crippen LogP contribution >= 0.6 is 0 Å². The molecular weight excluding hydrogens is 270 g/mol. The van der Waals surface area contributed by atoms with E-state index in [1.165, 1.54) is 0 Å². The van der Waals surface area contributed by atoms with Crippen molar-refractivity contribution in [2.24, 2.45) is 10.9 Å². The van der Waals surface area contributed by atoms with Crippen molar-refractivity contribution in [3.8, 4) is 0 Å². The van der Waals surface area contributed by atoms with E-state index in [-0.39, 0.29) is 17.8 Å².